The van der Waals surface area contributed by atoms with Crippen molar-refractivity contribution in [2.75, 3.05) is 19.3 Å². The lowest BCUT2D eigenvalue weighted by molar-refractivity contribution is -0.00000677. The molecular formula is C29H31BrNOP. The van der Waals surface area contributed by atoms with E-state index in [0.717, 1.165) is 24.8 Å². The summed E-state index contributed by atoms with van der Waals surface area (Å²) in [6, 6.07) is 41.3. The van der Waals surface area contributed by atoms with Crippen LogP contribution in [-0.4, -0.2) is 19.3 Å². The highest BCUT2D eigenvalue weighted by atomic mass is 79.9. The van der Waals surface area contributed by atoms with Crippen LogP contribution in [0.4, 0.5) is 0 Å². The van der Waals surface area contributed by atoms with Crippen LogP contribution in [0.2, 0.25) is 0 Å². The van der Waals surface area contributed by atoms with Crippen molar-refractivity contribution in [3.8, 4) is 5.75 Å². The molecule has 0 aliphatic rings. The van der Waals surface area contributed by atoms with Crippen LogP contribution < -0.4 is 43.4 Å². The van der Waals surface area contributed by atoms with Crippen molar-refractivity contribution in [2.24, 2.45) is 5.73 Å². The fourth-order valence-corrected chi connectivity index (χ4v) is 8.69. The summed E-state index contributed by atoms with van der Waals surface area (Å²) in [6.07, 6.45) is 2.87. The molecule has 4 aromatic carbocycles. The Morgan fingerprint density at radius 3 is 1.55 bits per heavy atom. The Labute approximate surface area is 208 Å². The van der Waals surface area contributed by atoms with Crippen LogP contribution in [0.25, 0.3) is 0 Å². The summed E-state index contributed by atoms with van der Waals surface area (Å²) in [7, 11) is -1.80. The minimum atomic E-state index is -1.80. The summed E-state index contributed by atoms with van der Waals surface area (Å²) in [5.41, 5.74) is 6.97. The van der Waals surface area contributed by atoms with Gasteiger partial charge in [0.2, 0.25) is 0 Å². The Morgan fingerprint density at radius 1 is 0.606 bits per heavy atom. The van der Waals surface area contributed by atoms with Gasteiger partial charge in [-0.25, -0.2) is 0 Å². The molecule has 2 N–H and O–H groups in total. The van der Waals surface area contributed by atoms with Gasteiger partial charge in [0, 0.05) is 6.42 Å². The number of halogens is 1. The molecule has 0 saturated heterocycles. The van der Waals surface area contributed by atoms with Crippen LogP contribution in [0.5, 0.6) is 5.75 Å². The van der Waals surface area contributed by atoms with Crippen molar-refractivity contribution in [3.63, 3.8) is 0 Å². The van der Waals surface area contributed by atoms with Crippen molar-refractivity contribution in [2.45, 2.75) is 12.8 Å². The molecule has 0 aliphatic carbocycles. The van der Waals surface area contributed by atoms with Gasteiger partial charge in [-0.2, -0.15) is 0 Å². The van der Waals surface area contributed by atoms with Crippen LogP contribution >= 0.6 is 7.26 Å². The van der Waals surface area contributed by atoms with Crippen molar-refractivity contribution in [1.29, 1.82) is 0 Å². The van der Waals surface area contributed by atoms with Gasteiger partial charge in [0.25, 0.3) is 0 Å². The summed E-state index contributed by atoms with van der Waals surface area (Å²) < 4.78 is 6.25. The van der Waals surface area contributed by atoms with E-state index >= 15 is 0 Å². The van der Waals surface area contributed by atoms with E-state index in [1.807, 2.05) is 6.07 Å². The van der Waals surface area contributed by atoms with Gasteiger partial charge in [0.15, 0.2) is 0 Å². The lowest BCUT2D eigenvalue weighted by Crippen LogP contribution is -3.00. The third-order valence-electron chi connectivity index (χ3n) is 5.87. The van der Waals surface area contributed by atoms with E-state index in [1.54, 1.807) is 0 Å². The lowest BCUT2D eigenvalue weighted by atomic mass is 10.1. The topological polar surface area (TPSA) is 35.2 Å². The molecule has 170 valence electrons. The molecule has 4 heteroatoms. The number of ether oxygens (including phenoxy) is 1. The van der Waals surface area contributed by atoms with E-state index in [0.29, 0.717) is 13.2 Å². The number of rotatable bonds is 10. The number of para-hydroxylation sites is 1. The number of hydrogen-bond acceptors (Lipinski definition) is 2. The summed E-state index contributed by atoms with van der Waals surface area (Å²) in [5, 5.41) is 4.25. The molecule has 0 aromatic heterocycles. The van der Waals surface area contributed by atoms with Crippen LogP contribution in [0, 0.1) is 0 Å². The molecule has 4 aromatic rings. The fraction of sp³-hybridized carbons (Fsp3) is 0.172. The van der Waals surface area contributed by atoms with E-state index < -0.39 is 7.26 Å². The summed E-state index contributed by atoms with van der Waals surface area (Å²) in [4.78, 5) is 0. The number of hydrogen-bond donors (Lipinski definition) is 1. The van der Waals surface area contributed by atoms with Crippen molar-refractivity contribution in [3.05, 3.63) is 121 Å². The predicted molar refractivity (Wildman–Crippen MR) is 139 cm³/mol. The Balaban J connectivity index is 0.00000306. The van der Waals surface area contributed by atoms with Crippen molar-refractivity contribution < 1.29 is 21.7 Å². The van der Waals surface area contributed by atoms with Gasteiger partial charge >= 0.3 is 0 Å². The standard InChI is InChI=1S/C29H31NOP.BrH/c30-22-21-25-13-10-11-20-29(25)31-23-12-24-32(26-14-4-1-5-15-26,27-16-6-2-7-17-27)28-18-8-3-9-19-28;/h1-11,13-20H,12,21-24,30H2;1H/q+1;/p-1. The van der Waals surface area contributed by atoms with Crippen LogP contribution in [-0.2, 0) is 6.42 Å². The molecular weight excluding hydrogens is 489 g/mol. The molecule has 0 heterocycles. The maximum Gasteiger partial charge on any atom is 0.122 e. The molecule has 0 bridgehead atoms. The molecule has 2 nitrogen and oxygen atoms in total. The first-order valence-corrected chi connectivity index (χ1v) is 13.3. The number of nitrogens with two attached hydrogens (primary N) is 1. The third kappa shape index (κ3) is 5.92. The fourth-order valence-electron chi connectivity index (χ4n) is 4.37. The van der Waals surface area contributed by atoms with Crippen molar-refractivity contribution >= 4 is 23.2 Å². The van der Waals surface area contributed by atoms with Gasteiger partial charge < -0.3 is 27.5 Å². The normalized spacial score (nSPS) is 10.9. The van der Waals surface area contributed by atoms with Gasteiger partial charge in [-0.15, -0.1) is 0 Å². The molecule has 0 unspecified atom stereocenters. The highest BCUT2D eigenvalue weighted by molar-refractivity contribution is 7.95. The highest BCUT2D eigenvalue weighted by Crippen LogP contribution is 2.55. The summed E-state index contributed by atoms with van der Waals surface area (Å²) in [5.74, 6) is 0.959. The Kier molecular flexibility index (Phi) is 9.69. The van der Waals surface area contributed by atoms with E-state index in [-0.39, 0.29) is 17.0 Å². The van der Waals surface area contributed by atoms with Crippen LogP contribution in [0.1, 0.15) is 12.0 Å². The zero-order chi connectivity index (χ0) is 22.1. The zero-order valence-electron chi connectivity index (χ0n) is 18.8. The van der Waals surface area contributed by atoms with Gasteiger partial charge in [-0.3, -0.25) is 0 Å². The van der Waals surface area contributed by atoms with Crippen LogP contribution in [0.15, 0.2) is 115 Å². The van der Waals surface area contributed by atoms with Gasteiger partial charge in [-0.05, 0) is 61.0 Å². The quantitative estimate of drug-likeness (QED) is 0.257. The molecule has 0 amide bonds. The number of benzene rings is 4. The first-order chi connectivity index (χ1) is 15.8. The largest absolute Gasteiger partial charge is 1.00 e. The zero-order valence-corrected chi connectivity index (χ0v) is 21.3. The van der Waals surface area contributed by atoms with Crippen LogP contribution in [0.3, 0.4) is 0 Å². The SMILES string of the molecule is NCCc1ccccc1OCCC[P+](c1ccccc1)(c1ccccc1)c1ccccc1.[Br-]. The average molecular weight is 520 g/mol. The maximum absolute atomic E-state index is 6.25. The monoisotopic (exact) mass is 519 g/mol. The van der Waals surface area contributed by atoms with Crippen molar-refractivity contribution in [1.82, 2.24) is 0 Å². The smallest absolute Gasteiger partial charge is 0.122 e. The maximum atomic E-state index is 6.25. The van der Waals surface area contributed by atoms with E-state index in [9.17, 15) is 0 Å². The molecule has 0 atom stereocenters. The van der Waals surface area contributed by atoms with E-state index in [4.69, 9.17) is 10.5 Å². The van der Waals surface area contributed by atoms with Gasteiger partial charge in [0.05, 0.1) is 12.8 Å². The predicted octanol–water partition coefficient (Wildman–Crippen LogP) is 1.95. The Hall–Kier alpha value is -2.45. The second-order valence-corrected chi connectivity index (χ2v) is 11.5. The molecule has 0 saturated carbocycles. The summed E-state index contributed by atoms with van der Waals surface area (Å²) >= 11 is 0. The third-order valence-corrected chi connectivity index (χ3v) is 10.4. The molecule has 0 aliphatic heterocycles. The molecule has 0 radical (unpaired) electrons. The molecule has 0 spiro atoms. The minimum absolute atomic E-state index is 0. The van der Waals surface area contributed by atoms with E-state index in [1.165, 1.54) is 21.5 Å². The van der Waals surface area contributed by atoms with E-state index in [2.05, 4.69) is 109 Å². The molecule has 4 rings (SSSR count). The minimum Gasteiger partial charge on any atom is -1.00 e. The lowest BCUT2D eigenvalue weighted by Gasteiger charge is -2.27. The van der Waals surface area contributed by atoms with Gasteiger partial charge in [-0.1, -0.05) is 72.8 Å². The Bertz CT molecular complexity index is 993. The highest BCUT2D eigenvalue weighted by Gasteiger charge is 2.44. The first kappa shape index (κ1) is 25.2. The van der Waals surface area contributed by atoms with Gasteiger partial charge in [0.1, 0.15) is 28.9 Å². The molecule has 33 heavy (non-hydrogen) atoms. The second-order valence-electron chi connectivity index (χ2n) is 7.89. The summed E-state index contributed by atoms with van der Waals surface area (Å²) in [6.45, 7) is 1.32. The first-order valence-electron chi connectivity index (χ1n) is 11.3. The second kappa shape index (κ2) is 12.7. The average Bonchev–Trinajstić information content (AvgIpc) is 2.87. The molecule has 0 fully saturated rings. The Morgan fingerprint density at radius 2 is 1.06 bits per heavy atom.